The fourth-order valence-electron chi connectivity index (χ4n) is 4.87. The third kappa shape index (κ3) is 4.84. The van der Waals surface area contributed by atoms with Crippen molar-refractivity contribution in [3.05, 3.63) is 60.7 Å². The number of nitrogens with one attached hydrogen (secondary N) is 1. The number of piperidine rings is 1. The lowest BCUT2D eigenvalue weighted by Gasteiger charge is -2.31. The van der Waals surface area contributed by atoms with E-state index in [1.54, 1.807) is 6.20 Å². The highest BCUT2D eigenvalue weighted by molar-refractivity contribution is 5.84. The summed E-state index contributed by atoms with van der Waals surface area (Å²) in [5.74, 6) is 1.80. The first-order chi connectivity index (χ1) is 17.7. The molecule has 36 heavy (non-hydrogen) atoms. The third-order valence-corrected chi connectivity index (χ3v) is 7.12. The van der Waals surface area contributed by atoms with Crippen LogP contribution < -0.4 is 10.2 Å². The van der Waals surface area contributed by atoms with E-state index < -0.39 is 0 Å². The lowest BCUT2D eigenvalue weighted by Crippen LogP contribution is -2.38. The Balaban J connectivity index is 1.14. The Labute approximate surface area is 210 Å². The van der Waals surface area contributed by atoms with E-state index in [0.29, 0.717) is 11.9 Å². The Morgan fingerprint density at radius 1 is 0.917 bits per heavy atom. The molecule has 0 aliphatic carbocycles. The van der Waals surface area contributed by atoms with Crippen LogP contribution in [-0.2, 0) is 0 Å². The molecule has 2 aliphatic heterocycles. The highest BCUT2D eigenvalue weighted by atomic mass is 16.3. The molecule has 0 bridgehead atoms. The summed E-state index contributed by atoms with van der Waals surface area (Å²) in [5, 5.41) is 13.4. The van der Waals surface area contributed by atoms with Crippen LogP contribution in [0.3, 0.4) is 0 Å². The van der Waals surface area contributed by atoms with Crippen LogP contribution in [0.15, 0.2) is 55.0 Å². The van der Waals surface area contributed by atoms with E-state index in [1.165, 1.54) is 6.42 Å². The molecule has 9 heteroatoms. The first-order valence-electron chi connectivity index (χ1n) is 12.7. The average Bonchev–Trinajstić information content (AvgIpc) is 2.89. The van der Waals surface area contributed by atoms with Crippen LogP contribution in [0.4, 0.5) is 17.6 Å². The van der Waals surface area contributed by atoms with E-state index in [-0.39, 0.29) is 6.61 Å². The maximum Gasteiger partial charge on any atom is 0.227 e. The molecular weight excluding hydrogens is 452 g/mol. The molecule has 184 valence electrons. The van der Waals surface area contributed by atoms with E-state index in [1.807, 2.05) is 36.7 Å². The quantitative estimate of drug-likeness (QED) is 0.409. The van der Waals surface area contributed by atoms with Gasteiger partial charge in [0.1, 0.15) is 0 Å². The van der Waals surface area contributed by atoms with Gasteiger partial charge in [-0.1, -0.05) is 6.07 Å². The van der Waals surface area contributed by atoms with Gasteiger partial charge in [0, 0.05) is 54.6 Å². The predicted molar refractivity (Wildman–Crippen MR) is 140 cm³/mol. The first kappa shape index (κ1) is 22.8. The van der Waals surface area contributed by atoms with Crippen LogP contribution >= 0.6 is 0 Å². The van der Waals surface area contributed by atoms with Gasteiger partial charge in [0.15, 0.2) is 0 Å². The minimum Gasteiger partial charge on any atom is -0.395 e. The predicted octanol–water partition coefficient (Wildman–Crippen LogP) is 3.61. The van der Waals surface area contributed by atoms with Crippen molar-refractivity contribution in [3.8, 4) is 11.3 Å². The van der Waals surface area contributed by atoms with E-state index >= 15 is 0 Å². The zero-order valence-electron chi connectivity index (χ0n) is 20.2. The number of fused-ring (bicyclic) bond motifs is 1. The fraction of sp³-hybridized carbons (Fsp3) is 0.370. The summed E-state index contributed by atoms with van der Waals surface area (Å²) < 4.78 is 0. The van der Waals surface area contributed by atoms with Gasteiger partial charge in [0.25, 0.3) is 0 Å². The fourth-order valence-corrected chi connectivity index (χ4v) is 4.87. The summed E-state index contributed by atoms with van der Waals surface area (Å²) in [4.78, 5) is 27.6. The third-order valence-electron chi connectivity index (χ3n) is 7.12. The molecule has 0 amide bonds. The minimum atomic E-state index is 0.224. The number of pyridine rings is 1. The Hall–Kier alpha value is -3.69. The Bertz CT molecular complexity index is 1330. The van der Waals surface area contributed by atoms with Crippen molar-refractivity contribution in [1.29, 1.82) is 0 Å². The highest BCUT2D eigenvalue weighted by Gasteiger charge is 2.21. The number of hydrogen-bond donors (Lipinski definition) is 2. The second kappa shape index (κ2) is 10.1. The van der Waals surface area contributed by atoms with E-state index in [4.69, 9.17) is 20.1 Å². The van der Waals surface area contributed by atoms with Gasteiger partial charge in [-0.2, -0.15) is 0 Å². The molecule has 0 unspecified atom stereocenters. The SMILES string of the molecule is OCCN1CCC(c2ccc(Nc3nccc(-c4ccc5nc(N6CCC6)ncc5c4)n3)cn2)CC1. The molecule has 5 heterocycles. The van der Waals surface area contributed by atoms with Gasteiger partial charge in [0.05, 0.1) is 29.7 Å². The monoisotopic (exact) mass is 482 g/mol. The number of β-amino-alcohol motifs (C(OH)–C–C–N with tert-alkyl or cyclic N) is 1. The van der Waals surface area contributed by atoms with Crippen LogP contribution in [0.1, 0.15) is 30.9 Å². The van der Waals surface area contributed by atoms with E-state index in [2.05, 4.69) is 37.2 Å². The Kier molecular flexibility index (Phi) is 6.40. The van der Waals surface area contributed by atoms with Crippen LogP contribution in [0.25, 0.3) is 22.2 Å². The smallest absolute Gasteiger partial charge is 0.227 e. The molecule has 0 radical (unpaired) electrons. The summed E-state index contributed by atoms with van der Waals surface area (Å²) in [6.07, 6.45) is 8.86. The van der Waals surface area contributed by atoms with Gasteiger partial charge in [-0.3, -0.25) is 4.98 Å². The average molecular weight is 483 g/mol. The summed E-state index contributed by atoms with van der Waals surface area (Å²) in [7, 11) is 0. The number of aliphatic hydroxyl groups excluding tert-OH is 1. The van der Waals surface area contributed by atoms with Gasteiger partial charge in [-0.05, 0) is 62.7 Å². The maximum absolute atomic E-state index is 9.13. The van der Waals surface area contributed by atoms with Crippen LogP contribution in [0, 0.1) is 0 Å². The summed E-state index contributed by atoms with van der Waals surface area (Å²) in [6.45, 7) is 5.06. The molecule has 2 saturated heterocycles. The van der Waals surface area contributed by atoms with Crippen molar-refractivity contribution < 1.29 is 5.11 Å². The second-order valence-electron chi connectivity index (χ2n) is 9.49. The van der Waals surface area contributed by atoms with Crippen molar-refractivity contribution in [2.24, 2.45) is 0 Å². The van der Waals surface area contributed by atoms with Crippen molar-refractivity contribution in [2.45, 2.75) is 25.2 Å². The number of hydrogen-bond acceptors (Lipinski definition) is 9. The van der Waals surface area contributed by atoms with Crippen LogP contribution in [0.2, 0.25) is 0 Å². The van der Waals surface area contributed by atoms with Crippen LogP contribution in [0.5, 0.6) is 0 Å². The van der Waals surface area contributed by atoms with Gasteiger partial charge in [-0.15, -0.1) is 0 Å². The number of benzene rings is 1. The number of rotatable bonds is 7. The molecule has 2 aliphatic rings. The van der Waals surface area contributed by atoms with Gasteiger partial charge in [0.2, 0.25) is 11.9 Å². The van der Waals surface area contributed by atoms with Gasteiger partial charge in [-0.25, -0.2) is 19.9 Å². The molecule has 6 rings (SSSR count). The lowest BCUT2D eigenvalue weighted by atomic mass is 9.93. The van der Waals surface area contributed by atoms with Crippen molar-refractivity contribution in [2.75, 3.05) is 49.5 Å². The van der Waals surface area contributed by atoms with Crippen LogP contribution in [-0.4, -0.2) is 74.3 Å². The lowest BCUT2D eigenvalue weighted by molar-refractivity contribution is 0.163. The molecule has 1 aromatic carbocycles. The van der Waals surface area contributed by atoms with Crippen molar-refractivity contribution in [3.63, 3.8) is 0 Å². The number of anilines is 3. The normalized spacial score (nSPS) is 16.8. The zero-order chi connectivity index (χ0) is 24.3. The molecule has 0 atom stereocenters. The number of aliphatic hydroxyl groups is 1. The summed E-state index contributed by atoms with van der Waals surface area (Å²) in [5.41, 5.74) is 4.75. The summed E-state index contributed by atoms with van der Waals surface area (Å²) >= 11 is 0. The van der Waals surface area contributed by atoms with E-state index in [0.717, 1.165) is 85.1 Å². The van der Waals surface area contributed by atoms with E-state index in [9.17, 15) is 0 Å². The molecule has 0 saturated carbocycles. The number of aromatic nitrogens is 5. The maximum atomic E-state index is 9.13. The molecule has 4 aromatic rings. The second-order valence-corrected chi connectivity index (χ2v) is 9.49. The van der Waals surface area contributed by atoms with Gasteiger partial charge < -0.3 is 20.2 Å². The molecule has 9 nitrogen and oxygen atoms in total. The van der Waals surface area contributed by atoms with Crippen molar-refractivity contribution >= 4 is 28.5 Å². The molecule has 2 N–H and O–H groups in total. The summed E-state index contributed by atoms with van der Waals surface area (Å²) in [6, 6.07) is 12.2. The topological polar surface area (TPSA) is 103 Å². The molecule has 3 aromatic heterocycles. The largest absolute Gasteiger partial charge is 0.395 e. The first-order valence-corrected chi connectivity index (χ1v) is 12.7. The number of likely N-dealkylation sites (tertiary alicyclic amines) is 1. The Morgan fingerprint density at radius 3 is 2.56 bits per heavy atom. The number of nitrogens with zero attached hydrogens (tertiary/aromatic N) is 7. The molecule has 0 spiro atoms. The molecular formula is C27H30N8O. The Morgan fingerprint density at radius 2 is 1.81 bits per heavy atom. The van der Waals surface area contributed by atoms with Gasteiger partial charge >= 0.3 is 0 Å². The zero-order valence-corrected chi connectivity index (χ0v) is 20.2. The standard InChI is InChI=1S/C27H30N8O/c36-15-14-34-12-7-19(8-13-34)23-5-3-22(18-29-23)31-26-28-9-6-25(32-26)20-2-4-24-21(16-20)17-30-27(33-24)35-10-1-11-35/h2-6,9,16-19,36H,1,7-8,10-15H2,(H,28,31,32). The molecule has 2 fully saturated rings. The minimum absolute atomic E-state index is 0.224. The highest BCUT2D eigenvalue weighted by Crippen LogP contribution is 2.28. The van der Waals surface area contributed by atoms with Crippen molar-refractivity contribution in [1.82, 2.24) is 29.8 Å².